The number of nitrogens with one attached hydrogen (secondary N) is 1. The summed E-state index contributed by atoms with van der Waals surface area (Å²) in [6, 6.07) is 6.34. The summed E-state index contributed by atoms with van der Waals surface area (Å²) >= 11 is 0. The maximum absolute atomic E-state index is 13.2. The fourth-order valence-corrected chi connectivity index (χ4v) is 6.58. The maximum Gasteiger partial charge on any atom is 0.251 e. The lowest BCUT2D eigenvalue weighted by Gasteiger charge is -2.34. The molecule has 2 unspecified atom stereocenters. The molecule has 7 nitrogen and oxygen atoms in total. The Kier molecular flexibility index (Phi) is 6.40. The van der Waals surface area contributed by atoms with Crippen LogP contribution in [0.1, 0.15) is 56.3 Å². The Morgan fingerprint density at radius 2 is 1.65 bits per heavy atom. The van der Waals surface area contributed by atoms with E-state index in [1.54, 1.807) is 22.5 Å². The van der Waals surface area contributed by atoms with Gasteiger partial charge in [0, 0.05) is 43.7 Å². The van der Waals surface area contributed by atoms with Crippen LogP contribution in [0.4, 0.5) is 0 Å². The first kappa shape index (κ1) is 22.3. The van der Waals surface area contributed by atoms with Crippen LogP contribution in [0, 0.1) is 17.8 Å². The summed E-state index contributed by atoms with van der Waals surface area (Å²) in [7, 11) is -3.63. The number of amides is 2. The average Bonchev–Trinajstić information content (AvgIpc) is 3.58. The summed E-state index contributed by atoms with van der Waals surface area (Å²) < 4.78 is 27.9. The van der Waals surface area contributed by atoms with Gasteiger partial charge in [0.1, 0.15) is 0 Å². The Labute approximate surface area is 185 Å². The molecule has 4 rings (SSSR count). The third-order valence-electron chi connectivity index (χ3n) is 6.64. The quantitative estimate of drug-likeness (QED) is 0.751. The topological polar surface area (TPSA) is 86.8 Å². The number of benzene rings is 1. The fraction of sp³-hybridized carbons (Fsp3) is 0.652. The second-order valence-electron chi connectivity index (χ2n) is 9.64. The van der Waals surface area contributed by atoms with Gasteiger partial charge >= 0.3 is 0 Å². The minimum atomic E-state index is -3.63. The first-order valence-electron chi connectivity index (χ1n) is 11.4. The molecule has 2 saturated heterocycles. The molecule has 2 atom stereocenters. The van der Waals surface area contributed by atoms with Crippen molar-refractivity contribution in [2.75, 3.05) is 26.2 Å². The molecule has 0 bridgehead atoms. The van der Waals surface area contributed by atoms with Gasteiger partial charge in [0.2, 0.25) is 15.9 Å². The molecule has 1 saturated carbocycles. The van der Waals surface area contributed by atoms with E-state index in [0.717, 1.165) is 32.1 Å². The zero-order valence-corrected chi connectivity index (χ0v) is 19.2. The van der Waals surface area contributed by atoms with Crippen molar-refractivity contribution < 1.29 is 18.0 Å². The zero-order valence-electron chi connectivity index (χ0n) is 18.4. The van der Waals surface area contributed by atoms with Gasteiger partial charge in [-0.3, -0.25) is 9.59 Å². The third-order valence-corrected chi connectivity index (χ3v) is 8.47. The van der Waals surface area contributed by atoms with E-state index in [2.05, 4.69) is 19.2 Å². The molecule has 2 aliphatic heterocycles. The molecule has 8 heteroatoms. The van der Waals surface area contributed by atoms with Crippen molar-refractivity contribution in [1.82, 2.24) is 14.5 Å². The SMILES string of the molecule is CC1CC(C)CN(S(=O)(=O)c2cccc(C(=O)NC3CCN(C(=O)C4CC4)CC3)c2)C1. The van der Waals surface area contributed by atoms with Crippen molar-refractivity contribution in [3.8, 4) is 0 Å². The van der Waals surface area contributed by atoms with Crippen molar-refractivity contribution in [2.45, 2.75) is 56.9 Å². The van der Waals surface area contributed by atoms with Gasteiger partial charge in [-0.1, -0.05) is 19.9 Å². The predicted molar refractivity (Wildman–Crippen MR) is 118 cm³/mol. The maximum atomic E-state index is 13.2. The highest BCUT2D eigenvalue weighted by atomic mass is 32.2. The minimum Gasteiger partial charge on any atom is -0.349 e. The highest BCUT2D eigenvalue weighted by Crippen LogP contribution is 2.32. The van der Waals surface area contributed by atoms with Crippen LogP contribution in [0.3, 0.4) is 0 Å². The number of carbonyl (C=O) groups excluding carboxylic acids is 2. The Hall–Kier alpha value is -1.93. The number of likely N-dealkylation sites (tertiary alicyclic amines) is 1. The van der Waals surface area contributed by atoms with E-state index < -0.39 is 10.0 Å². The molecule has 1 aliphatic carbocycles. The van der Waals surface area contributed by atoms with Crippen molar-refractivity contribution in [1.29, 1.82) is 0 Å². The normalized spacial score (nSPS) is 25.9. The van der Waals surface area contributed by atoms with E-state index >= 15 is 0 Å². The van der Waals surface area contributed by atoms with Crippen molar-refractivity contribution in [3.05, 3.63) is 29.8 Å². The van der Waals surface area contributed by atoms with E-state index in [4.69, 9.17) is 0 Å². The van der Waals surface area contributed by atoms with Gasteiger partial charge < -0.3 is 10.2 Å². The molecule has 3 fully saturated rings. The van der Waals surface area contributed by atoms with Gasteiger partial charge in [0.25, 0.3) is 5.91 Å². The van der Waals surface area contributed by atoms with Crippen molar-refractivity contribution in [2.24, 2.45) is 17.8 Å². The summed E-state index contributed by atoms with van der Waals surface area (Å²) in [4.78, 5) is 27.1. The highest BCUT2D eigenvalue weighted by Gasteiger charge is 2.35. The molecule has 1 N–H and O–H groups in total. The van der Waals surface area contributed by atoms with E-state index in [1.807, 2.05) is 4.90 Å². The summed E-state index contributed by atoms with van der Waals surface area (Å²) in [5.74, 6) is 0.862. The monoisotopic (exact) mass is 447 g/mol. The van der Waals surface area contributed by atoms with Gasteiger partial charge in [-0.2, -0.15) is 4.31 Å². The van der Waals surface area contributed by atoms with E-state index in [1.165, 1.54) is 6.07 Å². The van der Waals surface area contributed by atoms with Gasteiger partial charge in [-0.25, -0.2) is 8.42 Å². The average molecular weight is 448 g/mol. The van der Waals surface area contributed by atoms with Crippen LogP contribution in [0.15, 0.2) is 29.2 Å². The predicted octanol–water partition coefficient (Wildman–Crippen LogP) is 2.48. The molecule has 31 heavy (non-hydrogen) atoms. The molecule has 0 aromatic heterocycles. The lowest BCUT2D eigenvalue weighted by atomic mass is 9.94. The molecule has 0 radical (unpaired) electrons. The second kappa shape index (κ2) is 8.90. The van der Waals surface area contributed by atoms with Gasteiger partial charge in [0.15, 0.2) is 0 Å². The molecule has 3 aliphatic rings. The Balaban J connectivity index is 1.38. The number of nitrogens with zero attached hydrogens (tertiary/aromatic N) is 2. The number of hydrogen-bond donors (Lipinski definition) is 1. The summed E-state index contributed by atoms with van der Waals surface area (Å²) in [5, 5.41) is 3.03. The standard InChI is InChI=1S/C23H33N3O4S/c1-16-12-17(2)15-26(14-16)31(29,30)21-5-3-4-19(13-21)22(27)24-20-8-10-25(11-9-20)23(28)18-6-7-18/h3-5,13,16-18,20H,6-12,14-15H2,1-2H3,(H,24,27). The molecule has 0 spiro atoms. The second-order valence-corrected chi connectivity index (χ2v) is 11.6. The molecular formula is C23H33N3O4S. The molecular weight excluding hydrogens is 414 g/mol. The van der Waals surface area contributed by atoms with E-state index in [0.29, 0.717) is 43.6 Å². The largest absolute Gasteiger partial charge is 0.349 e. The molecule has 2 heterocycles. The number of hydrogen-bond acceptors (Lipinski definition) is 4. The van der Waals surface area contributed by atoms with Crippen molar-refractivity contribution in [3.63, 3.8) is 0 Å². The van der Waals surface area contributed by atoms with Crippen LogP contribution >= 0.6 is 0 Å². The summed E-state index contributed by atoms with van der Waals surface area (Å²) in [6.45, 7) is 6.51. The smallest absolute Gasteiger partial charge is 0.251 e. The lowest BCUT2D eigenvalue weighted by Crippen LogP contribution is -2.47. The number of sulfonamides is 1. The molecule has 1 aromatic carbocycles. The van der Waals surface area contributed by atoms with Crippen LogP contribution in [0.2, 0.25) is 0 Å². The number of piperidine rings is 2. The Morgan fingerprint density at radius 3 is 2.26 bits per heavy atom. The summed E-state index contributed by atoms with van der Waals surface area (Å²) in [5.41, 5.74) is 0.357. The first-order valence-corrected chi connectivity index (χ1v) is 12.9. The van der Waals surface area contributed by atoms with Crippen LogP contribution in [0.25, 0.3) is 0 Å². The lowest BCUT2D eigenvalue weighted by molar-refractivity contribution is -0.133. The van der Waals surface area contributed by atoms with Crippen LogP contribution in [0.5, 0.6) is 0 Å². The van der Waals surface area contributed by atoms with Gasteiger partial charge in [0.05, 0.1) is 4.90 Å². The minimum absolute atomic E-state index is 0.000176. The Morgan fingerprint density at radius 1 is 1.00 bits per heavy atom. The number of rotatable bonds is 5. The van der Waals surface area contributed by atoms with Crippen LogP contribution in [-0.4, -0.2) is 61.7 Å². The summed E-state index contributed by atoms with van der Waals surface area (Å²) in [6.07, 6.45) is 4.49. The third kappa shape index (κ3) is 5.12. The van der Waals surface area contributed by atoms with Crippen LogP contribution in [-0.2, 0) is 14.8 Å². The molecule has 2 amide bonds. The highest BCUT2D eigenvalue weighted by molar-refractivity contribution is 7.89. The Bertz CT molecular complexity index is 926. The first-order chi connectivity index (χ1) is 14.7. The molecule has 1 aromatic rings. The van der Waals surface area contributed by atoms with Crippen molar-refractivity contribution >= 4 is 21.8 Å². The van der Waals surface area contributed by atoms with Gasteiger partial charge in [-0.15, -0.1) is 0 Å². The molecule has 170 valence electrons. The zero-order chi connectivity index (χ0) is 22.2. The number of carbonyl (C=O) groups is 2. The van der Waals surface area contributed by atoms with Gasteiger partial charge in [-0.05, 0) is 62.1 Å². The van der Waals surface area contributed by atoms with Crippen LogP contribution < -0.4 is 5.32 Å². The fourth-order valence-electron chi connectivity index (χ4n) is 4.85. The van der Waals surface area contributed by atoms with E-state index in [9.17, 15) is 18.0 Å². The van der Waals surface area contributed by atoms with E-state index in [-0.39, 0.29) is 28.7 Å².